The summed E-state index contributed by atoms with van der Waals surface area (Å²) in [7, 11) is -4.10. The highest BCUT2D eigenvalue weighted by Gasteiger charge is 2.27. The standard InChI is InChI=1S/C25H25F2NO4S/c1-25(2,3)24(29)28(16-18-4-8-20(26)9-5-18)17-19-6-12-22(13-7-19)32-33(30,31)23-14-10-21(27)11-15-23/h4-15H,16-17H2,1-3H3. The van der Waals surface area contributed by atoms with Crippen molar-refractivity contribution in [1.29, 1.82) is 0 Å². The average Bonchev–Trinajstić information content (AvgIpc) is 2.75. The summed E-state index contributed by atoms with van der Waals surface area (Å²) < 4.78 is 56.2. The molecule has 0 unspecified atom stereocenters. The minimum atomic E-state index is -4.10. The molecule has 0 saturated carbocycles. The van der Waals surface area contributed by atoms with Gasteiger partial charge in [-0.1, -0.05) is 45.0 Å². The Labute approximate surface area is 192 Å². The molecule has 0 atom stereocenters. The number of nitrogens with zero attached hydrogens (tertiary/aromatic N) is 1. The van der Waals surface area contributed by atoms with Gasteiger partial charge in [0.1, 0.15) is 22.3 Å². The van der Waals surface area contributed by atoms with Crippen molar-refractivity contribution in [2.75, 3.05) is 0 Å². The van der Waals surface area contributed by atoms with Crippen LogP contribution in [0, 0.1) is 17.0 Å². The number of halogens is 2. The summed E-state index contributed by atoms with van der Waals surface area (Å²) in [5, 5.41) is 0. The largest absolute Gasteiger partial charge is 0.379 e. The summed E-state index contributed by atoms with van der Waals surface area (Å²) in [6.45, 7) is 6.05. The van der Waals surface area contributed by atoms with Crippen LogP contribution in [0.5, 0.6) is 5.75 Å². The number of carbonyl (C=O) groups is 1. The molecule has 0 aromatic heterocycles. The van der Waals surface area contributed by atoms with E-state index in [0.29, 0.717) is 6.54 Å². The van der Waals surface area contributed by atoms with Gasteiger partial charge in [-0.15, -0.1) is 0 Å². The van der Waals surface area contributed by atoms with Crippen molar-refractivity contribution < 1.29 is 26.2 Å². The van der Waals surface area contributed by atoms with Gasteiger partial charge in [-0.3, -0.25) is 4.79 Å². The number of hydrogen-bond donors (Lipinski definition) is 0. The Bertz CT molecular complexity index is 1200. The van der Waals surface area contributed by atoms with Gasteiger partial charge in [0.15, 0.2) is 0 Å². The molecule has 0 radical (unpaired) electrons. The molecule has 3 aromatic carbocycles. The van der Waals surface area contributed by atoms with Gasteiger partial charge in [0.2, 0.25) is 5.91 Å². The Morgan fingerprint density at radius 3 is 1.67 bits per heavy atom. The SMILES string of the molecule is CC(C)(C)C(=O)N(Cc1ccc(F)cc1)Cc1ccc(OS(=O)(=O)c2ccc(F)cc2)cc1. The van der Waals surface area contributed by atoms with E-state index in [1.54, 1.807) is 29.2 Å². The lowest BCUT2D eigenvalue weighted by molar-refractivity contribution is -0.140. The Kier molecular flexibility index (Phi) is 7.17. The smallest absolute Gasteiger partial charge is 0.339 e. The number of benzene rings is 3. The van der Waals surface area contributed by atoms with E-state index < -0.39 is 21.4 Å². The lowest BCUT2D eigenvalue weighted by atomic mass is 9.94. The molecule has 0 aliphatic rings. The van der Waals surface area contributed by atoms with Crippen LogP contribution in [0.25, 0.3) is 0 Å². The molecule has 0 aliphatic carbocycles. The highest BCUT2D eigenvalue weighted by atomic mass is 32.2. The fourth-order valence-corrected chi connectivity index (χ4v) is 4.06. The second-order valence-electron chi connectivity index (χ2n) is 8.67. The quantitative estimate of drug-likeness (QED) is 0.437. The summed E-state index contributed by atoms with van der Waals surface area (Å²) >= 11 is 0. The topological polar surface area (TPSA) is 63.7 Å². The van der Waals surface area contributed by atoms with Crippen LogP contribution < -0.4 is 4.18 Å². The van der Waals surface area contributed by atoms with Gasteiger partial charge in [0, 0.05) is 18.5 Å². The molecule has 3 rings (SSSR count). The van der Waals surface area contributed by atoms with Crippen LogP contribution in [-0.4, -0.2) is 19.2 Å². The Balaban J connectivity index is 1.76. The molecule has 0 bridgehead atoms. The molecule has 33 heavy (non-hydrogen) atoms. The van der Waals surface area contributed by atoms with Gasteiger partial charge in [-0.2, -0.15) is 8.42 Å². The molecule has 0 aliphatic heterocycles. The van der Waals surface area contributed by atoms with Crippen LogP contribution in [0.3, 0.4) is 0 Å². The predicted octanol–water partition coefficient (Wildman–Crippen LogP) is 5.31. The second-order valence-corrected chi connectivity index (χ2v) is 10.2. The van der Waals surface area contributed by atoms with E-state index in [4.69, 9.17) is 4.18 Å². The number of amides is 1. The van der Waals surface area contributed by atoms with Crippen LogP contribution in [0.15, 0.2) is 77.7 Å². The summed E-state index contributed by atoms with van der Waals surface area (Å²) in [6.07, 6.45) is 0. The highest BCUT2D eigenvalue weighted by molar-refractivity contribution is 7.87. The Morgan fingerprint density at radius 2 is 1.21 bits per heavy atom. The van der Waals surface area contributed by atoms with Crippen molar-refractivity contribution in [3.8, 4) is 5.75 Å². The van der Waals surface area contributed by atoms with Crippen LogP contribution in [0.2, 0.25) is 0 Å². The van der Waals surface area contributed by atoms with E-state index in [9.17, 15) is 22.0 Å². The Morgan fingerprint density at radius 1 is 0.788 bits per heavy atom. The molecule has 0 N–H and O–H groups in total. The van der Waals surface area contributed by atoms with E-state index >= 15 is 0 Å². The fourth-order valence-electron chi connectivity index (χ4n) is 3.13. The first-order valence-electron chi connectivity index (χ1n) is 10.3. The van der Waals surface area contributed by atoms with Gasteiger partial charge >= 0.3 is 10.1 Å². The first-order valence-corrected chi connectivity index (χ1v) is 11.7. The second kappa shape index (κ2) is 9.70. The summed E-state index contributed by atoms with van der Waals surface area (Å²) in [5.41, 5.74) is 0.937. The third-order valence-electron chi connectivity index (χ3n) is 4.82. The van der Waals surface area contributed by atoms with Gasteiger partial charge in [0.05, 0.1) is 0 Å². The molecule has 0 spiro atoms. The zero-order valence-corrected chi connectivity index (χ0v) is 19.4. The van der Waals surface area contributed by atoms with Crippen LogP contribution in [0.1, 0.15) is 31.9 Å². The number of carbonyl (C=O) groups excluding carboxylic acids is 1. The van der Waals surface area contributed by atoms with E-state index in [2.05, 4.69) is 0 Å². The van der Waals surface area contributed by atoms with E-state index in [-0.39, 0.29) is 28.9 Å². The first-order chi connectivity index (χ1) is 15.4. The van der Waals surface area contributed by atoms with E-state index in [1.807, 2.05) is 20.8 Å². The third-order valence-corrected chi connectivity index (χ3v) is 6.08. The van der Waals surface area contributed by atoms with E-state index in [0.717, 1.165) is 35.4 Å². The van der Waals surface area contributed by atoms with Gasteiger partial charge < -0.3 is 9.08 Å². The summed E-state index contributed by atoms with van der Waals surface area (Å²) in [4.78, 5) is 14.5. The normalized spacial score (nSPS) is 11.8. The van der Waals surface area contributed by atoms with Crippen LogP contribution in [0.4, 0.5) is 8.78 Å². The molecule has 0 saturated heterocycles. The van der Waals surface area contributed by atoms with Crippen molar-refractivity contribution in [2.45, 2.75) is 38.8 Å². The van der Waals surface area contributed by atoms with Gasteiger partial charge in [-0.25, -0.2) is 8.78 Å². The number of hydrogen-bond acceptors (Lipinski definition) is 4. The maximum Gasteiger partial charge on any atom is 0.339 e. The van der Waals surface area contributed by atoms with Crippen LogP contribution >= 0.6 is 0 Å². The molecule has 174 valence electrons. The minimum Gasteiger partial charge on any atom is -0.379 e. The monoisotopic (exact) mass is 473 g/mol. The lowest BCUT2D eigenvalue weighted by Gasteiger charge is -2.30. The highest BCUT2D eigenvalue weighted by Crippen LogP contribution is 2.24. The van der Waals surface area contributed by atoms with Crippen molar-refractivity contribution in [1.82, 2.24) is 4.90 Å². The molecule has 1 amide bonds. The third kappa shape index (κ3) is 6.61. The molecular formula is C25H25F2NO4S. The van der Waals surface area contributed by atoms with Gasteiger partial charge in [0.25, 0.3) is 0 Å². The summed E-state index contributed by atoms with van der Waals surface area (Å²) in [6, 6.07) is 16.6. The zero-order valence-electron chi connectivity index (χ0n) is 18.6. The average molecular weight is 474 g/mol. The van der Waals surface area contributed by atoms with Crippen LogP contribution in [-0.2, 0) is 28.0 Å². The van der Waals surface area contributed by atoms with Crippen molar-refractivity contribution in [3.63, 3.8) is 0 Å². The lowest BCUT2D eigenvalue weighted by Crippen LogP contribution is -2.38. The predicted molar refractivity (Wildman–Crippen MR) is 121 cm³/mol. The molecule has 0 fully saturated rings. The molecule has 5 nitrogen and oxygen atoms in total. The molecule has 0 heterocycles. The van der Waals surface area contributed by atoms with Gasteiger partial charge in [-0.05, 0) is 59.7 Å². The molecule has 8 heteroatoms. The maximum atomic E-state index is 13.2. The number of rotatable bonds is 7. The van der Waals surface area contributed by atoms with Crippen molar-refractivity contribution >= 4 is 16.0 Å². The minimum absolute atomic E-state index is 0.0777. The van der Waals surface area contributed by atoms with E-state index in [1.165, 1.54) is 24.3 Å². The molecular weight excluding hydrogens is 448 g/mol. The fraction of sp³-hybridized carbons (Fsp3) is 0.240. The van der Waals surface area contributed by atoms with Crippen molar-refractivity contribution in [3.05, 3.63) is 95.6 Å². The first kappa shape index (κ1) is 24.4. The zero-order chi connectivity index (χ0) is 24.2. The maximum absolute atomic E-state index is 13.2. The summed E-state index contributed by atoms with van der Waals surface area (Å²) in [5.74, 6) is -0.881. The Hall–Kier alpha value is -3.26. The molecule has 3 aromatic rings. The van der Waals surface area contributed by atoms with Crippen molar-refractivity contribution in [2.24, 2.45) is 5.41 Å².